The van der Waals surface area contributed by atoms with Crippen molar-refractivity contribution >= 4 is 56.4 Å². The van der Waals surface area contributed by atoms with E-state index < -0.39 is 0 Å². The van der Waals surface area contributed by atoms with Crippen LogP contribution in [-0.2, 0) is 4.79 Å². The molecule has 0 heterocycles. The summed E-state index contributed by atoms with van der Waals surface area (Å²) in [5, 5.41) is 8.62. The summed E-state index contributed by atoms with van der Waals surface area (Å²) in [6, 6.07) is 12.3. The Morgan fingerprint density at radius 3 is 2.27 bits per heavy atom. The average Bonchev–Trinajstić information content (AvgIpc) is 2.71. The molecule has 2 amide bonds. The van der Waals surface area contributed by atoms with E-state index in [0.29, 0.717) is 40.2 Å². The third kappa shape index (κ3) is 7.76. The third-order valence-electron chi connectivity index (χ3n) is 4.08. The minimum Gasteiger partial charge on any atom is -0.492 e. The third-order valence-corrected chi connectivity index (χ3v) is 4.90. The van der Waals surface area contributed by atoms with E-state index in [0.717, 1.165) is 19.3 Å². The number of hydrogen-bond acceptors (Lipinski definition) is 4. The number of rotatable bonds is 9. The number of nitrogens with one attached hydrogen (secondary N) is 3. The van der Waals surface area contributed by atoms with E-state index in [4.69, 9.17) is 17.0 Å². The van der Waals surface area contributed by atoms with Gasteiger partial charge >= 0.3 is 0 Å². The second kappa shape index (κ2) is 12.3. The molecule has 0 aromatic heterocycles. The first-order chi connectivity index (χ1) is 14.4. The maximum Gasteiger partial charge on any atom is 0.257 e. The second-order valence-electron chi connectivity index (χ2n) is 6.63. The van der Waals surface area contributed by atoms with Gasteiger partial charge < -0.3 is 15.4 Å². The largest absolute Gasteiger partial charge is 0.492 e. The van der Waals surface area contributed by atoms with Crippen molar-refractivity contribution in [2.24, 2.45) is 0 Å². The van der Waals surface area contributed by atoms with E-state index in [2.05, 4.69) is 38.8 Å². The summed E-state index contributed by atoms with van der Waals surface area (Å²) in [7, 11) is 0. The predicted molar refractivity (Wildman–Crippen MR) is 128 cm³/mol. The highest BCUT2D eigenvalue weighted by Crippen LogP contribution is 2.26. The van der Waals surface area contributed by atoms with E-state index in [1.807, 2.05) is 6.92 Å². The molecule has 0 unspecified atom stereocenters. The van der Waals surface area contributed by atoms with E-state index in [1.54, 1.807) is 42.5 Å². The first kappa shape index (κ1) is 23.8. The van der Waals surface area contributed by atoms with Gasteiger partial charge in [0.25, 0.3) is 5.91 Å². The van der Waals surface area contributed by atoms with Crippen molar-refractivity contribution in [3.63, 3.8) is 0 Å². The Labute approximate surface area is 190 Å². The number of anilines is 2. The molecule has 8 heteroatoms. The molecule has 2 aromatic rings. The summed E-state index contributed by atoms with van der Waals surface area (Å²) in [5.74, 6) is 0.359. The average molecular weight is 492 g/mol. The molecule has 0 aliphatic carbocycles. The fourth-order valence-electron chi connectivity index (χ4n) is 2.51. The Hall–Kier alpha value is -2.45. The monoisotopic (exact) mass is 491 g/mol. The normalized spacial score (nSPS) is 10.2. The maximum absolute atomic E-state index is 12.5. The number of halogens is 1. The molecule has 0 saturated carbocycles. The van der Waals surface area contributed by atoms with Crippen LogP contribution in [0.2, 0.25) is 0 Å². The molecule has 0 fully saturated rings. The Morgan fingerprint density at radius 2 is 1.67 bits per heavy atom. The van der Waals surface area contributed by atoms with Gasteiger partial charge in [-0.05, 0) is 83.5 Å². The van der Waals surface area contributed by atoms with Crippen molar-refractivity contribution in [1.29, 1.82) is 0 Å². The summed E-state index contributed by atoms with van der Waals surface area (Å²) in [5.41, 5.74) is 1.87. The number of carbonyl (C=O) groups excluding carboxylic acids is 2. The van der Waals surface area contributed by atoms with Crippen LogP contribution in [0.25, 0.3) is 0 Å². The molecular weight excluding hydrogens is 466 g/mol. The first-order valence-electron chi connectivity index (χ1n) is 9.87. The van der Waals surface area contributed by atoms with Crippen molar-refractivity contribution in [2.75, 3.05) is 17.2 Å². The molecule has 0 aliphatic rings. The summed E-state index contributed by atoms with van der Waals surface area (Å²) in [6.45, 7) is 4.69. The molecule has 0 saturated heterocycles. The minimum absolute atomic E-state index is 0.0195. The summed E-state index contributed by atoms with van der Waals surface area (Å²) < 4.78 is 6.39. The molecule has 30 heavy (non-hydrogen) atoms. The van der Waals surface area contributed by atoms with Crippen LogP contribution in [0, 0.1) is 0 Å². The van der Waals surface area contributed by atoms with Crippen LogP contribution in [0.1, 0.15) is 49.9 Å². The fourth-order valence-corrected chi connectivity index (χ4v) is 3.21. The van der Waals surface area contributed by atoms with Gasteiger partial charge in [-0.3, -0.25) is 14.9 Å². The van der Waals surface area contributed by atoms with Gasteiger partial charge in [-0.25, -0.2) is 0 Å². The zero-order chi connectivity index (χ0) is 21.9. The standard InChI is InChI=1S/C22H26BrN3O3S/c1-3-5-13-29-19-12-7-15(14-18(19)23)21(28)26-22(30)25-17-10-8-16(9-11-17)24-20(27)6-4-2/h7-12,14H,3-6,13H2,1-2H3,(H,24,27)(H2,25,26,28,30). The van der Waals surface area contributed by atoms with Crippen LogP contribution in [0.4, 0.5) is 11.4 Å². The van der Waals surface area contributed by atoms with Gasteiger partial charge in [0.05, 0.1) is 11.1 Å². The Morgan fingerprint density at radius 1 is 1.00 bits per heavy atom. The van der Waals surface area contributed by atoms with Gasteiger partial charge in [-0.1, -0.05) is 20.3 Å². The van der Waals surface area contributed by atoms with Crippen molar-refractivity contribution < 1.29 is 14.3 Å². The van der Waals surface area contributed by atoms with Crippen molar-refractivity contribution in [3.05, 3.63) is 52.5 Å². The van der Waals surface area contributed by atoms with Crippen LogP contribution < -0.4 is 20.7 Å². The van der Waals surface area contributed by atoms with Crippen LogP contribution >= 0.6 is 28.1 Å². The summed E-state index contributed by atoms with van der Waals surface area (Å²) in [4.78, 5) is 24.1. The van der Waals surface area contributed by atoms with Gasteiger partial charge in [-0.2, -0.15) is 0 Å². The van der Waals surface area contributed by atoms with Crippen LogP contribution in [0.5, 0.6) is 5.75 Å². The Balaban J connectivity index is 1.89. The number of thiocarbonyl (C=S) groups is 1. The highest BCUT2D eigenvalue weighted by Gasteiger charge is 2.11. The van der Waals surface area contributed by atoms with Crippen LogP contribution in [-0.4, -0.2) is 23.5 Å². The number of ether oxygens (including phenoxy) is 1. The summed E-state index contributed by atoms with van der Waals surface area (Å²) in [6.07, 6.45) is 3.31. The van der Waals surface area contributed by atoms with Gasteiger partial charge in [-0.15, -0.1) is 0 Å². The van der Waals surface area contributed by atoms with Gasteiger partial charge in [0.15, 0.2) is 5.11 Å². The number of hydrogen-bond donors (Lipinski definition) is 3. The zero-order valence-electron chi connectivity index (χ0n) is 17.1. The van der Waals surface area contributed by atoms with Crippen LogP contribution in [0.3, 0.4) is 0 Å². The zero-order valence-corrected chi connectivity index (χ0v) is 19.5. The van der Waals surface area contributed by atoms with E-state index in [-0.39, 0.29) is 16.9 Å². The molecule has 0 bridgehead atoms. The molecular formula is C22H26BrN3O3S. The number of carbonyl (C=O) groups is 2. The lowest BCUT2D eigenvalue weighted by atomic mass is 10.2. The molecule has 2 aromatic carbocycles. The van der Waals surface area contributed by atoms with E-state index in [9.17, 15) is 9.59 Å². The molecule has 0 spiro atoms. The number of unbranched alkanes of at least 4 members (excludes halogenated alkanes) is 1. The molecule has 0 atom stereocenters. The van der Waals surface area contributed by atoms with Crippen molar-refractivity contribution in [1.82, 2.24) is 5.32 Å². The molecule has 3 N–H and O–H groups in total. The van der Waals surface area contributed by atoms with Gasteiger partial charge in [0.2, 0.25) is 5.91 Å². The lowest BCUT2D eigenvalue weighted by Gasteiger charge is -2.12. The Kier molecular flexibility index (Phi) is 9.76. The predicted octanol–water partition coefficient (Wildman–Crippen LogP) is 5.49. The summed E-state index contributed by atoms with van der Waals surface area (Å²) >= 11 is 8.67. The highest BCUT2D eigenvalue weighted by molar-refractivity contribution is 9.10. The second-order valence-corrected chi connectivity index (χ2v) is 7.89. The SMILES string of the molecule is CCCCOc1ccc(C(=O)NC(=S)Nc2ccc(NC(=O)CCC)cc2)cc1Br. The lowest BCUT2D eigenvalue weighted by Crippen LogP contribution is -2.34. The topological polar surface area (TPSA) is 79.5 Å². The number of amides is 2. The first-order valence-corrected chi connectivity index (χ1v) is 11.1. The molecule has 6 nitrogen and oxygen atoms in total. The van der Waals surface area contributed by atoms with Crippen molar-refractivity contribution in [2.45, 2.75) is 39.5 Å². The maximum atomic E-state index is 12.5. The lowest BCUT2D eigenvalue weighted by molar-refractivity contribution is -0.116. The minimum atomic E-state index is -0.322. The van der Waals surface area contributed by atoms with E-state index >= 15 is 0 Å². The Bertz CT molecular complexity index is 888. The molecule has 0 aliphatic heterocycles. The quantitative estimate of drug-likeness (QED) is 0.319. The highest BCUT2D eigenvalue weighted by atomic mass is 79.9. The molecule has 2 rings (SSSR count). The van der Waals surface area contributed by atoms with Gasteiger partial charge in [0, 0.05) is 23.4 Å². The fraction of sp³-hybridized carbons (Fsp3) is 0.318. The molecule has 160 valence electrons. The number of benzene rings is 2. The smallest absolute Gasteiger partial charge is 0.257 e. The van der Waals surface area contributed by atoms with E-state index in [1.165, 1.54) is 0 Å². The van der Waals surface area contributed by atoms with Crippen molar-refractivity contribution in [3.8, 4) is 5.75 Å². The van der Waals surface area contributed by atoms with Crippen LogP contribution in [0.15, 0.2) is 46.9 Å². The van der Waals surface area contributed by atoms with Gasteiger partial charge in [0.1, 0.15) is 5.75 Å². The molecule has 0 radical (unpaired) electrons.